The number of piperidine rings is 1. The molecule has 6 nitrogen and oxygen atoms in total. The van der Waals surface area contributed by atoms with Crippen molar-refractivity contribution in [3.8, 4) is 0 Å². The second kappa shape index (κ2) is 5.99. The Morgan fingerprint density at radius 3 is 2.55 bits per heavy atom. The number of rotatable bonds is 4. The number of carbonyl (C=O) groups is 1. The maximum absolute atomic E-state index is 11.8. The van der Waals surface area contributed by atoms with Crippen LogP contribution in [0.5, 0.6) is 0 Å². The molecule has 3 aliphatic rings. The van der Waals surface area contributed by atoms with Crippen LogP contribution in [0.25, 0.3) is 0 Å². The molecule has 1 aromatic rings. The average Bonchev–Trinajstić information content (AvgIpc) is 3.08. The molecule has 0 bridgehead atoms. The zero-order chi connectivity index (χ0) is 14.9. The molecule has 1 saturated carbocycles. The normalized spacial score (nSPS) is 24.9. The highest BCUT2D eigenvalue weighted by Crippen LogP contribution is 2.35. The summed E-state index contributed by atoms with van der Waals surface area (Å²) in [5, 5.41) is 4.13. The molecule has 0 radical (unpaired) electrons. The molecule has 2 aliphatic heterocycles. The van der Waals surface area contributed by atoms with Crippen molar-refractivity contribution in [3.05, 3.63) is 11.7 Å². The Kier molecular flexibility index (Phi) is 3.86. The summed E-state index contributed by atoms with van der Waals surface area (Å²) in [6, 6.07) is 0.446. The lowest BCUT2D eigenvalue weighted by atomic mass is 9.85. The number of nitrogens with zero attached hydrogens (tertiary/aromatic N) is 4. The molecule has 1 amide bonds. The predicted octanol–water partition coefficient (Wildman–Crippen LogP) is 1.92. The highest BCUT2D eigenvalue weighted by Gasteiger charge is 2.31. The third-order valence-corrected chi connectivity index (χ3v) is 5.41. The van der Waals surface area contributed by atoms with E-state index in [1.165, 1.54) is 19.3 Å². The summed E-state index contributed by atoms with van der Waals surface area (Å²) in [5.41, 5.74) is 0. The van der Waals surface area contributed by atoms with Gasteiger partial charge < -0.3 is 9.42 Å². The second-order valence-corrected chi connectivity index (χ2v) is 6.87. The van der Waals surface area contributed by atoms with Crippen LogP contribution >= 0.6 is 0 Å². The SMILES string of the molecule is O=C1CCCN1C1CCN(Cc2noc(C3CCC3)n2)CC1. The minimum absolute atomic E-state index is 0.349. The molecule has 1 aromatic heterocycles. The first-order chi connectivity index (χ1) is 10.8. The molecule has 6 heteroatoms. The van der Waals surface area contributed by atoms with Crippen molar-refractivity contribution in [3.63, 3.8) is 0 Å². The highest BCUT2D eigenvalue weighted by atomic mass is 16.5. The van der Waals surface area contributed by atoms with Gasteiger partial charge in [0.05, 0.1) is 6.54 Å². The fourth-order valence-corrected chi connectivity index (χ4v) is 3.80. The zero-order valence-corrected chi connectivity index (χ0v) is 13.0. The van der Waals surface area contributed by atoms with E-state index in [0.717, 1.165) is 63.6 Å². The number of aromatic nitrogens is 2. The Hall–Kier alpha value is -1.43. The van der Waals surface area contributed by atoms with Crippen LogP contribution in [0.2, 0.25) is 0 Å². The maximum Gasteiger partial charge on any atom is 0.229 e. The number of hydrogen-bond donors (Lipinski definition) is 0. The summed E-state index contributed by atoms with van der Waals surface area (Å²) in [6.45, 7) is 3.76. The van der Waals surface area contributed by atoms with Gasteiger partial charge in [0.2, 0.25) is 11.8 Å². The van der Waals surface area contributed by atoms with E-state index in [9.17, 15) is 4.79 Å². The van der Waals surface area contributed by atoms with Gasteiger partial charge in [-0.15, -0.1) is 0 Å². The van der Waals surface area contributed by atoms with Crippen LogP contribution in [0.15, 0.2) is 4.52 Å². The van der Waals surface area contributed by atoms with Crippen LogP contribution in [-0.2, 0) is 11.3 Å². The lowest BCUT2D eigenvalue weighted by Crippen LogP contribution is -2.45. The number of likely N-dealkylation sites (tertiary alicyclic amines) is 2. The van der Waals surface area contributed by atoms with Crippen molar-refractivity contribution >= 4 is 5.91 Å². The van der Waals surface area contributed by atoms with Gasteiger partial charge in [-0.25, -0.2) is 0 Å². The summed E-state index contributed by atoms with van der Waals surface area (Å²) >= 11 is 0. The maximum atomic E-state index is 11.8. The lowest BCUT2D eigenvalue weighted by Gasteiger charge is -2.36. The largest absolute Gasteiger partial charge is 0.340 e. The van der Waals surface area contributed by atoms with E-state index in [2.05, 4.69) is 19.9 Å². The quantitative estimate of drug-likeness (QED) is 0.850. The van der Waals surface area contributed by atoms with Gasteiger partial charge in [-0.2, -0.15) is 4.98 Å². The molecule has 0 unspecified atom stereocenters. The van der Waals surface area contributed by atoms with Crippen LogP contribution in [-0.4, -0.2) is 51.5 Å². The minimum Gasteiger partial charge on any atom is -0.340 e. The van der Waals surface area contributed by atoms with Crippen LogP contribution in [0.4, 0.5) is 0 Å². The van der Waals surface area contributed by atoms with Crippen LogP contribution in [0, 0.1) is 0 Å². The van der Waals surface area contributed by atoms with Crippen molar-refractivity contribution in [1.82, 2.24) is 19.9 Å². The predicted molar refractivity (Wildman–Crippen MR) is 80.1 cm³/mol. The molecule has 22 heavy (non-hydrogen) atoms. The van der Waals surface area contributed by atoms with Crippen molar-refractivity contribution in [2.24, 2.45) is 0 Å². The molecular formula is C16H24N4O2. The van der Waals surface area contributed by atoms with Crippen molar-refractivity contribution in [2.45, 2.75) is 63.5 Å². The Morgan fingerprint density at radius 1 is 1.09 bits per heavy atom. The molecule has 4 rings (SSSR count). The van der Waals surface area contributed by atoms with E-state index in [0.29, 0.717) is 17.9 Å². The van der Waals surface area contributed by atoms with Gasteiger partial charge in [-0.3, -0.25) is 9.69 Å². The Morgan fingerprint density at radius 2 is 1.91 bits per heavy atom. The molecule has 1 aliphatic carbocycles. The van der Waals surface area contributed by atoms with Gasteiger partial charge >= 0.3 is 0 Å². The monoisotopic (exact) mass is 304 g/mol. The Balaban J connectivity index is 1.28. The van der Waals surface area contributed by atoms with Crippen molar-refractivity contribution < 1.29 is 9.32 Å². The van der Waals surface area contributed by atoms with Gasteiger partial charge in [0.1, 0.15) is 0 Å². The second-order valence-electron chi connectivity index (χ2n) is 6.87. The molecule has 0 N–H and O–H groups in total. The van der Waals surface area contributed by atoms with Crippen LogP contribution in [0.3, 0.4) is 0 Å². The van der Waals surface area contributed by atoms with E-state index < -0.39 is 0 Å². The summed E-state index contributed by atoms with van der Waals surface area (Å²) in [4.78, 5) is 20.9. The molecule has 0 aromatic carbocycles. The van der Waals surface area contributed by atoms with E-state index >= 15 is 0 Å². The first-order valence-electron chi connectivity index (χ1n) is 8.64. The van der Waals surface area contributed by atoms with Crippen molar-refractivity contribution in [2.75, 3.05) is 19.6 Å². The fourth-order valence-electron chi connectivity index (χ4n) is 3.80. The lowest BCUT2D eigenvalue weighted by molar-refractivity contribution is -0.130. The first-order valence-corrected chi connectivity index (χ1v) is 8.64. The van der Waals surface area contributed by atoms with Gasteiger partial charge in [0.15, 0.2) is 5.82 Å². The minimum atomic E-state index is 0.349. The number of carbonyl (C=O) groups excluding carboxylic acids is 1. The molecule has 2 saturated heterocycles. The van der Waals surface area contributed by atoms with Crippen LogP contribution < -0.4 is 0 Å². The molecule has 0 spiro atoms. The standard InChI is InChI=1S/C16H24N4O2/c21-15-5-2-8-20(15)13-6-9-19(10-7-13)11-14-17-16(22-18-14)12-3-1-4-12/h12-13H,1-11H2. The fraction of sp³-hybridized carbons (Fsp3) is 0.812. The molecular weight excluding hydrogens is 280 g/mol. The van der Waals surface area contributed by atoms with E-state index in [-0.39, 0.29) is 0 Å². The topological polar surface area (TPSA) is 62.5 Å². The molecule has 3 heterocycles. The van der Waals surface area contributed by atoms with Gasteiger partial charge in [0.25, 0.3) is 0 Å². The number of amides is 1. The first kappa shape index (κ1) is 14.2. The van der Waals surface area contributed by atoms with Crippen LogP contribution in [0.1, 0.15) is 62.6 Å². The molecule has 120 valence electrons. The summed E-state index contributed by atoms with van der Waals surface area (Å²) in [5.74, 6) is 2.51. The van der Waals surface area contributed by atoms with E-state index in [4.69, 9.17) is 4.52 Å². The summed E-state index contributed by atoms with van der Waals surface area (Å²) < 4.78 is 5.39. The highest BCUT2D eigenvalue weighted by molar-refractivity contribution is 5.78. The Bertz CT molecular complexity index is 532. The summed E-state index contributed by atoms with van der Waals surface area (Å²) in [7, 11) is 0. The summed E-state index contributed by atoms with van der Waals surface area (Å²) in [6.07, 6.45) is 7.58. The number of hydrogen-bond acceptors (Lipinski definition) is 5. The third kappa shape index (κ3) is 2.76. The average molecular weight is 304 g/mol. The van der Waals surface area contributed by atoms with Gasteiger partial charge in [-0.1, -0.05) is 11.6 Å². The van der Waals surface area contributed by atoms with Gasteiger partial charge in [0, 0.05) is 38.0 Å². The van der Waals surface area contributed by atoms with Crippen molar-refractivity contribution in [1.29, 1.82) is 0 Å². The smallest absolute Gasteiger partial charge is 0.229 e. The van der Waals surface area contributed by atoms with Gasteiger partial charge in [-0.05, 0) is 32.1 Å². The third-order valence-electron chi connectivity index (χ3n) is 5.41. The molecule has 0 atom stereocenters. The van der Waals surface area contributed by atoms with E-state index in [1.54, 1.807) is 0 Å². The Labute approximate surface area is 130 Å². The molecule has 3 fully saturated rings. The zero-order valence-electron chi connectivity index (χ0n) is 13.0. The van der Waals surface area contributed by atoms with E-state index in [1.807, 2.05) is 0 Å².